The van der Waals surface area contributed by atoms with E-state index in [0.29, 0.717) is 16.3 Å². The van der Waals surface area contributed by atoms with Crippen molar-refractivity contribution in [3.05, 3.63) is 39.4 Å². The Morgan fingerprint density at radius 1 is 1.35 bits per heavy atom. The quantitative estimate of drug-likeness (QED) is 0.812. The van der Waals surface area contributed by atoms with E-state index in [1.54, 1.807) is 24.7 Å². The first kappa shape index (κ1) is 14.7. The molecule has 2 rings (SSSR count). The Balaban J connectivity index is 2.33. The van der Waals surface area contributed by atoms with E-state index in [0.717, 1.165) is 23.5 Å². The molecular formula is C14H17ClN4O. The van der Waals surface area contributed by atoms with Gasteiger partial charge in [-0.2, -0.15) is 15.3 Å². The molecular weight excluding hydrogens is 276 g/mol. The molecule has 0 fully saturated rings. The van der Waals surface area contributed by atoms with Crippen LogP contribution < -0.4 is 0 Å². The average Bonchev–Trinajstić information content (AvgIpc) is 2.68. The highest BCUT2D eigenvalue weighted by Crippen LogP contribution is 2.22. The second-order valence-corrected chi connectivity index (χ2v) is 5.15. The van der Waals surface area contributed by atoms with Gasteiger partial charge in [0.05, 0.1) is 34.2 Å². The zero-order valence-electron chi connectivity index (χ0n) is 12.1. The Morgan fingerprint density at radius 3 is 2.65 bits per heavy atom. The van der Waals surface area contributed by atoms with Crippen LogP contribution in [0.15, 0.2) is 6.07 Å². The number of rotatable bonds is 4. The van der Waals surface area contributed by atoms with Crippen LogP contribution in [0.25, 0.3) is 0 Å². The van der Waals surface area contributed by atoms with E-state index in [1.165, 1.54) is 0 Å². The fourth-order valence-electron chi connectivity index (χ4n) is 2.09. The molecule has 6 heteroatoms. The maximum absolute atomic E-state index is 12.4. The summed E-state index contributed by atoms with van der Waals surface area (Å²) in [6.07, 6.45) is 0.962. The van der Waals surface area contributed by atoms with Gasteiger partial charge in [-0.25, -0.2) is 0 Å². The molecule has 0 N–H and O–H groups in total. The maximum atomic E-state index is 12.4. The lowest BCUT2D eigenvalue weighted by Gasteiger charge is -2.05. The van der Waals surface area contributed by atoms with Gasteiger partial charge in [0, 0.05) is 12.6 Å². The number of aryl methyl sites for hydroxylation is 4. The van der Waals surface area contributed by atoms with Gasteiger partial charge in [0.25, 0.3) is 0 Å². The molecule has 0 radical (unpaired) electrons. The number of hydrogen-bond acceptors (Lipinski definition) is 4. The van der Waals surface area contributed by atoms with Crippen molar-refractivity contribution in [1.29, 1.82) is 0 Å². The summed E-state index contributed by atoms with van der Waals surface area (Å²) in [6, 6.07) is 1.76. The molecule has 2 aromatic heterocycles. The number of hydrogen-bond donors (Lipinski definition) is 0. The highest BCUT2D eigenvalue weighted by atomic mass is 35.5. The van der Waals surface area contributed by atoms with Crippen molar-refractivity contribution in [3.8, 4) is 0 Å². The van der Waals surface area contributed by atoms with Gasteiger partial charge in [0.2, 0.25) is 0 Å². The zero-order valence-corrected chi connectivity index (χ0v) is 12.8. The molecule has 20 heavy (non-hydrogen) atoms. The highest BCUT2D eigenvalue weighted by molar-refractivity contribution is 6.32. The first-order valence-electron chi connectivity index (χ1n) is 6.48. The van der Waals surface area contributed by atoms with E-state index in [-0.39, 0.29) is 12.2 Å². The Bertz CT molecular complexity index is 663. The van der Waals surface area contributed by atoms with E-state index in [2.05, 4.69) is 15.3 Å². The van der Waals surface area contributed by atoms with Gasteiger partial charge in [-0.3, -0.25) is 9.48 Å². The summed E-state index contributed by atoms with van der Waals surface area (Å²) in [7, 11) is 1.80. The van der Waals surface area contributed by atoms with Crippen molar-refractivity contribution in [2.45, 2.75) is 33.6 Å². The van der Waals surface area contributed by atoms with Crippen LogP contribution in [-0.2, 0) is 19.9 Å². The molecule has 0 amide bonds. The van der Waals surface area contributed by atoms with Gasteiger partial charge < -0.3 is 0 Å². The summed E-state index contributed by atoms with van der Waals surface area (Å²) < 4.78 is 1.68. The smallest absolute Gasteiger partial charge is 0.170 e. The van der Waals surface area contributed by atoms with Crippen LogP contribution in [-0.4, -0.2) is 25.8 Å². The third kappa shape index (κ3) is 2.72. The molecule has 0 aromatic carbocycles. The lowest BCUT2D eigenvalue weighted by molar-refractivity contribution is 0.0989. The molecule has 0 saturated heterocycles. The second-order valence-electron chi connectivity index (χ2n) is 4.77. The second kappa shape index (κ2) is 5.71. The van der Waals surface area contributed by atoms with Crippen LogP contribution in [0.5, 0.6) is 0 Å². The van der Waals surface area contributed by atoms with E-state index in [9.17, 15) is 4.79 Å². The number of carbonyl (C=O) groups excluding carboxylic acids is 1. The zero-order chi connectivity index (χ0) is 14.9. The molecule has 0 spiro atoms. The summed E-state index contributed by atoms with van der Waals surface area (Å²) in [5, 5.41) is 12.8. The van der Waals surface area contributed by atoms with E-state index < -0.39 is 0 Å². The third-order valence-corrected chi connectivity index (χ3v) is 3.67. The first-order chi connectivity index (χ1) is 9.43. The minimum atomic E-state index is -0.0203. The van der Waals surface area contributed by atoms with Crippen LogP contribution >= 0.6 is 11.6 Å². The molecule has 0 aliphatic heterocycles. The molecule has 0 bridgehead atoms. The highest BCUT2D eigenvalue weighted by Gasteiger charge is 2.19. The summed E-state index contributed by atoms with van der Waals surface area (Å²) in [6.45, 7) is 5.58. The number of aromatic nitrogens is 4. The molecule has 0 saturated carbocycles. The standard InChI is InChI=1S/C14H17ClN4O/c1-5-11-14(15)12(19(4)18-11)7-13(20)10-6-8(2)16-17-9(10)3/h6H,5,7H2,1-4H3. The number of halogens is 1. The molecule has 106 valence electrons. The summed E-state index contributed by atoms with van der Waals surface area (Å²) in [5.41, 5.74) is 3.51. The molecule has 0 aliphatic rings. The van der Waals surface area contributed by atoms with Gasteiger partial charge in [0.1, 0.15) is 0 Å². The predicted molar refractivity (Wildman–Crippen MR) is 77.1 cm³/mol. The van der Waals surface area contributed by atoms with Crippen LogP contribution in [0.4, 0.5) is 0 Å². The summed E-state index contributed by atoms with van der Waals surface area (Å²) in [4.78, 5) is 12.4. The van der Waals surface area contributed by atoms with Crippen molar-refractivity contribution in [2.75, 3.05) is 0 Å². The van der Waals surface area contributed by atoms with Crippen LogP contribution in [0.2, 0.25) is 5.02 Å². The van der Waals surface area contributed by atoms with Gasteiger partial charge in [-0.05, 0) is 26.3 Å². The SMILES string of the molecule is CCc1nn(C)c(CC(=O)c2cc(C)nnc2C)c1Cl. The van der Waals surface area contributed by atoms with Gasteiger partial charge in [0.15, 0.2) is 5.78 Å². The van der Waals surface area contributed by atoms with E-state index in [1.807, 2.05) is 13.8 Å². The monoisotopic (exact) mass is 292 g/mol. The van der Waals surface area contributed by atoms with Crippen molar-refractivity contribution < 1.29 is 4.79 Å². The largest absolute Gasteiger partial charge is 0.294 e. The Kier molecular flexibility index (Phi) is 4.18. The lowest BCUT2D eigenvalue weighted by Crippen LogP contribution is -2.11. The van der Waals surface area contributed by atoms with E-state index in [4.69, 9.17) is 11.6 Å². The van der Waals surface area contributed by atoms with Crippen LogP contribution in [0.1, 0.15) is 40.1 Å². The molecule has 0 aliphatic carbocycles. The fourth-order valence-corrected chi connectivity index (χ4v) is 2.45. The molecule has 2 aromatic rings. The molecule has 0 atom stereocenters. The predicted octanol–water partition coefficient (Wildman–Crippen LogP) is 2.47. The fraction of sp³-hybridized carbons (Fsp3) is 0.429. The average molecular weight is 293 g/mol. The normalized spacial score (nSPS) is 10.8. The van der Waals surface area contributed by atoms with Crippen molar-refractivity contribution in [2.24, 2.45) is 7.05 Å². The van der Waals surface area contributed by atoms with Gasteiger partial charge in [-0.15, -0.1) is 0 Å². The molecule has 2 heterocycles. The lowest BCUT2D eigenvalue weighted by atomic mass is 10.0. The molecule has 5 nitrogen and oxygen atoms in total. The minimum absolute atomic E-state index is 0.0203. The number of carbonyl (C=O) groups is 1. The Hall–Kier alpha value is -1.75. The van der Waals surface area contributed by atoms with Gasteiger partial charge >= 0.3 is 0 Å². The maximum Gasteiger partial charge on any atom is 0.170 e. The third-order valence-electron chi connectivity index (χ3n) is 3.23. The van der Waals surface area contributed by atoms with Crippen LogP contribution in [0.3, 0.4) is 0 Å². The topological polar surface area (TPSA) is 60.7 Å². The number of Topliss-reactive ketones (excluding diaryl/α,β-unsaturated/α-hetero) is 1. The number of ketones is 1. The van der Waals surface area contributed by atoms with Crippen LogP contribution in [0, 0.1) is 13.8 Å². The summed E-state index contributed by atoms with van der Waals surface area (Å²) in [5.74, 6) is -0.0203. The summed E-state index contributed by atoms with van der Waals surface area (Å²) >= 11 is 6.27. The van der Waals surface area contributed by atoms with Crippen molar-refractivity contribution in [3.63, 3.8) is 0 Å². The van der Waals surface area contributed by atoms with Crippen molar-refractivity contribution in [1.82, 2.24) is 20.0 Å². The van der Waals surface area contributed by atoms with Gasteiger partial charge in [-0.1, -0.05) is 18.5 Å². The minimum Gasteiger partial charge on any atom is -0.294 e. The Labute approximate surface area is 123 Å². The molecule has 0 unspecified atom stereocenters. The first-order valence-corrected chi connectivity index (χ1v) is 6.86. The van der Waals surface area contributed by atoms with Crippen molar-refractivity contribution >= 4 is 17.4 Å². The van der Waals surface area contributed by atoms with E-state index >= 15 is 0 Å². The number of nitrogens with zero attached hydrogens (tertiary/aromatic N) is 4. The Morgan fingerprint density at radius 2 is 2.05 bits per heavy atom.